The molecule has 0 unspecified atom stereocenters. The van der Waals surface area contributed by atoms with E-state index in [2.05, 4.69) is 39.8 Å². The molecule has 19 heavy (non-hydrogen) atoms. The Bertz CT molecular complexity index is 366. The highest BCUT2D eigenvalue weighted by Crippen LogP contribution is 2.25. The molecular weight excluding hydrogens is 302 g/mol. The Morgan fingerprint density at radius 2 is 1.16 bits per heavy atom. The molecule has 0 aromatic heterocycles. The van der Waals surface area contributed by atoms with Crippen LogP contribution in [0.3, 0.4) is 0 Å². The molecule has 0 aromatic carbocycles. The number of hydrogen-bond donors (Lipinski definition) is 1. The lowest BCUT2D eigenvalue weighted by Gasteiger charge is -2.27. The molecular formula is C8H16F6N2O2S. The third kappa shape index (κ3) is 9.96. The topological polar surface area (TPSA) is 49.4 Å². The summed E-state index contributed by atoms with van der Waals surface area (Å²) in [7, 11) is -2.16. The zero-order valence-electron chi connectivity index (χ0n) is 10.9. The lowest BCUT2D eigenvalue weighted by Crippen LogP contribution is -2.44. The van der Waals surface area contributed by atoms with Gasteiger partial charge in [-0.3, -0.25) is 0 Å². The van der Waals surface area contributed by atoms with Crippen LogP contribution in [0.4, 0.5) is 26.3 Å². The summed E-state index contributed by atoms with van der Waals surface area (Å²) in [5.74, 6) is 0. The maximum atomic E-state index is 11.2. The highest BCUT2D eigenvalue weighted by Gasteiger charge is 2.51. The van der Waals surface area contributed by atoms with E-state index in [9.17, 15) is 34.8 Å². The van der Waals surface area contributed by atoms with Crippen LogP contribution in [-0.2, 0) is 10.0 Å². The highest BCUT2D eigenvalue weighted by molar-refractivity contribution is 7.90. The molecule has 0 amide bonds. The minimum absolute atomic E-state index is 0.333. The molecule has 0 radical (unpaired) electrons. The van der Waals surface area contributed by atoms with Gasteiger partial charge in [0.25, 0.3) is 0 Å². The van der Waals surface area contributed by atoms with Crippen molar-refractivity contribution in [3.63, 3.8) is 0 Å². The molecule has 0 fully saturated rings. The van der Waals surface area contributed by atoms with Gasteiger partial charge in [-0.25, -0.2) is 8.42 Å². The fourth-order valence-corrected chi connectivity index (χ4v) is 0.631. The fraction of sp³-hybridized carbons (Fsp3) is 1.00. The van der Waals surface area contributed by atoms with Gasteiger partial charge in [-0.05, 0) is 34.9 Å². The van der Waals surface area contributed by atoms with Crippen LogP contribution >= 0.6 is 0 Å². The van der Waals surface area contributed by atoms with E-state index >= 15 is 0 Å². The average Bonchev–Trinajstić information content (AvgIpc) is 1.95. The Balaban J connectivity index is 0. The molecule has 1 N–H and O–H groups in total. The first-order valence-corrected chi connectivity index (χ1v) is 6.23. The Labute approximate surface area is 107 Å². The minimum Gasteiger partial charge on any atom is -0.305 e. The number of rotatable bonds is 1. The van der Waals surface area contributed by atoms with Crippen LogP contribution in [-0.4, -0.2) is 44.8 Å². The van der Waals surface area contributed by atoms with Crippen LogP contribution in [0.5, 0.6) is 0 Å². The monoisotopic (exact) mass is 318 g/mol. The second-order valence-corrected chi connectivity index (χ2v) is 6.29. The van der Waals surface area contributed by atoms with Crippen molar-refractivity contribution in [1.82, 2.24) is 9.62 Å². The molecule has 0 atom stereocenters. The van der Waals surface area contributed by atoms with Gasteiger partial charge in [0.15, 0.2) is 0 Å². The van der Waals surface area contributed by atoms with E-state index in [1.165, 1.54) is 0 Å². The molecule has 0 aliphatic rings. The third-order valence-corrected chi connectivity index (χ3v) is 3.01. The van der Waals surface area contributed by atoms with Crippen molar-refractivity contribution in [3.8, 4) is 0 Å². The van der Waals surface area contributed by atoms with Crippen LogP contribution in [0.1, 0.15) is 20.8 Å². The second kappa shape index (κ2) is 6.27. The second-order valence-electron chi connectivity index (χ2n) is 4.61. The van der Waals surface area contributed by atoms with E-state index in [4.69, 9.17) is 0 Å². The Kier molecular flexibility index (Phi) is 6.85. The predicted molar refractivity (Wildman–Crippen MR) is 57.6 cm³/mol. The molecule has 0 spiro atoms. The number of halogens is 6. The maximum Gasteiger partial charge on any atom is 0.511 e. The molecule has 0 saturated carbocycles. The number of sulfonamides is 1. The number of hydrogen-bond acceptors (Lipinski definition) is 3. The van der Waals surface area contributed by atoms with Crippen LogP contribution in [0, 0.1) is 0 Å². The quantitative estimate of drug-likeness (QED) is 0.596. The van der Waals surface area contributed by atoms with Crippen molar-refractivity contribution >= 4 is 10.0 Å². The van der Waals surface area contributed by atoms with Gasteiger partial charge in [-0.15, -0.1) is 4.72 Å². The van der Waals surface area contributed by atoms with E-state index in [0.29, 0.717) is 5.54 Å². The standard InChI is InChI=1S/C6H15N.C2HF6NO2S/c1-6(2,3)7(4)5;3-1(4,5)9-12(10,11)2(6,7)8/h1-5H3;9H. The zero-order valence-corrected chi connectivity index (χ0v) is 11.8. The van der Waals surface area contributed by atoms with Gasteiger partial charge in [-0.1, -0.05) is 0 Å². The average molecular weight is 318 g/mol. The van der Waals surface area contributed by atoms with E-state index < -0.39 is 26.6 Å². The molecule has 0 aliphatic carbocycles. The van der Waals surface area contributed by atoms with Crippen molar-refractivity contribution in [1.29, 1.82) is 0 Å². The van der Waals surface area contributed by atoms with Gasteiger partial charge in [0, 0.05) is 5.54 Å². The smallest absolute Gasteiger partial charge is 0.305 e. The molecule has 0 rings (SSSR count). The molecule has 11 heteroatoms. The molecule has 0 saturated heterocycles. The van der Waals surface area contributed by atoms with Gasteiger partial charge in [0.2, 0.25) is 0 Å². The largest absolute Gasteiger partial charge is 0.511 e. The molecule has 118 valence electrons. The zero-order chi connectivity index (χ0) is 16.3. The summed E-state index contributed by atoms with van der Waals surface area (Å²) in [5, 5.41) is 0. The summed E-state index contributed by atoms with van der Waals surface area (Å²) in [5.41, 5.74) is -5.62. The summed E-state index contributed by atoms with van der Waals surface area (Å²) in [6.07, 6.45) is -5.62. The van der Waals surface area contributed by atoms with Crippen LogP contribution in [0.2, 0.25) is 0 Å². The Morgan fingerprint density at radius 1 is 0.895 bits per heavy atom. The van der Waals surface area contributed by atoms with Crippen LogP contribution in [0.25, 0.3) is 0 Å². The Morgan fingerprint density at radius 3 is 1.21 bits per heavy atom. The summed E-state index contributed by atoms with van der Waals surface area (Å²) in [6.45, 7) is 6.56. The first-order valence-electron chi connectivity index (χ1n) is 4.74. The van der Waals surface area contributed by atoms with Gasteiger partial charge < -0.3 is 4.90 Å². The molecule has 0 aromatic rings. The number of nitrogens with one attached hydrogen (secondary N) is 1. The third-order valence-electron chi connectivity index (χ3n) is 1.90. The summed E-state index contributed by atoms with van der Waals surface area (Å²) in [4.78, 5) is 2.19. The molecule has 0 aliphatic heterocycles. The highest BCUT2D eigenvalue weighted by atomic mass is 32.2. The summed E-state index contributed by atoms with van der Waals surface area (Å²) >= 11 is 0. The van der Waals surface area contributed by atoms with Gasteiger partial charge in [0.1, 0.15) is 0 Å². The van der Waals surface area contributed by atoms with Gasteiger partial charge in [-0.2, -0.15) is 26.3 Å². The fourth-order valence-electron chi connectivity index (χ4n) is 0.210. The minimum atomic E-state index is -6.33. The van der Waals surface area contributed by atoms with E-state index in [0.717, 1.165) is 0 Å². The predicted octanol–water partition coefficient (Wildman–Crippen LogP) is 2.29. The molecule has 0 heterocycles. The Hall–Kier alpha value is -0.550. The summed E-state index contributed by atoms with van der Waals surface area (Å²) < 4.78 is 85.8. The van der Waals surface area contributed by atoms with E-state index in [1.54, 1.807) is 0 Å². The summed E-state index contributed by atoms with van der Waals surface area (Å²) in [6, 6.07) is 0. The van der Waals surface area contributed by atoms with E-state index in [-0.39, 0.29) is 0 Å². The van der Waals surface area contributed by atoms with Crippen molar-refractivity contribution < 1.29 is 34.8 Å². The number of alkyl halides is 6. The van der Waals surface area contributed by atoms with Crippen molar-refractivity contribution in [2.75, 3.05) is 14.1 Å². The van der Waals surface area contributed by atoms with Gasteiger partial charge in [0.05, 0.1) is 0 Å². The normalized spacial score (nSPS) is 14.1. The maximum absolute atomic E-state index is 11.2. The molecule has 0 bridgehead atoms. The van der Waals surface area contributed by atoms with E-state index in [1.807, 2.05) is 0 Å². The SMILES string of the molecule is CN(C)C(C)(C)C.O=S(=O)(NC(F)(F)F)C(F)(F)F. The van der Waals surface area contributed by atoms with Crippen LogP contribution in [0.15, 0.2) is 0 Å². The van der Waals surface area contributed by atoms with Crippen molar-refractivity contribution in [2.24, 2.45) is 0 Å². The molecule has 4 nitrogen and oxygen atoms in total. The lowest BCUT2D eigenvalue weighted by atomic mass is 10.1. The first-order chi connectivity index (χ1) is 7.90. The van der Waals surface area contributed by atoms with Crippen LogP contribution < -0.4 is 4.72 Å². The van der Waals surface area contributed by atoms with Crippen molar-refractivity contribution in [3.05, 3.63) is 0 Å². The van der Waals surface area contributed by atoms with Gasteiger partial charge >= 0.3 is 21.8 Å². The number of nitrogens with zero attached hydrogens (tertiary/aromatic N) is 1. The lowest BCUT2D eigenvalue weighted by molar-refractivity contribution is -0.143. The van der Waals surface area contributed by atoms with Crippen molar-refractivity contribution in [2.45, 2.75) is 38.1 Å². The first kappa shape index (κ1) is 20.8.